The van der Waals surface area contributed by atoms with E-state index in [-0.39, 0.29) is 18.3 Å². The van der Waals surface area contributed by atoms with Gasteiger partial charge in [0, 0.05) is 18.7 Å². The second-order valence-corrected chi connectivity index (χ2v) is 5.86. The van der Waals surface area contributed by atoms with Crippen molar-refractivity contribution >= 4 is 11.9 Å². The molecule has 0 unspecified atom stereocenters. The van der Waals surface area contributed by atoms with Gasteiger partial charge in [-0.3, -0.25) is 9.59 Å². The number of aryl methyl sites for hydroxylation is 2. The molecule has 0 radical (unpaired) electrons. The summed E-state index contributed by atoms with van der Waals surface area (Å²) in [6, 6.07) is 15.6. The van der Waals surface area contributed by atoms with Gasteiger partial charge in [0.15, 0.2) is 0 Å². The Hall–Kier alpha value is -2.62. The van der Waals surface area contributed by atoms with Crippen LogP contribution in [0.4, 0.5) is 0 Å². The summed E-state index contributed by atoms with van der Waals surface area (Å²) in [5, 5.41) is 0. The molecule has 0 aromatic heterocycles. The first kappa shape index (κ1) is 17.7. The number of carbonyl (C=O) groups is 2. The first-order valence-electron chi connectivity index (χ1n) is 7.98. The molecule has 2 aromatic rings. The molecule has 0 saturated carbocycles. The van der Waals surface area contributed by atoms with E-state index in [1.54, 1.807) is 4.90 Å². The van der Waals surface area contributed by atoms with Crippen molar-refractivity contribution in [3.63, 3.8) is 0 Å². The Morgan fingerprint density at radius 2 is 1.75 bits per heavy atom. The van der Waals surface area contributed by atoms with Crippen LogP contribution in [0.1, 0.15) is 33.5 Å². The van der Waals surface area contributed by atoms with Gasteiger partial charge in [0.2, 0.25) is 0 Å². The molecular weight excluding hydrogens is 302 g/mol. The molecule has 0 atom stereocenters. The number of amides is 1. The Morgan fingerprint density at radius 1 is 1.04 bits per heavy atom. The van der Waals surface area contributed by atoms with Gasteiger partial charge in [-0.1, -0.05) is 48.0 Å². The Bertz CT molecular complexity index is 710. The van der Waals surface area contributed by atoms with E-state index >= 15 is 0 Å². The summed E-state index contributed by atoms with van der Waals surface area (Å²) >= 11 is 0. The van der Waals surface area contributed by atoms with Gasteiger partial charge in [-0.15, -0.1) is 0 Å². The van der Waals surface area contributed by atoms with Crippen molar-refractivity contribution in [1.29, 1.82) is 0 Å². The lowest BCUT2D eigenvalue weighted by Crippen LogP contribution is -2.33. The number of ether oxygens (including phenoxy) is 1. The molecule has 4 heteroatoms. The highest BCUT2D eigenvalue weighted by Crippen LogP contribution is 2.16. The third-order valence-electron chi connectivity index (χ3n) is 3.94. The average Bonchev–Trinajstić information content (AvgIpc) is 2.60. The molecular formula is C20H23NO3. The summed E-state index contributed by atoms with van der Waals surface area (Å²) in [7, 11) is 1.36. The monoisotopic (exact) mass is 325 g/mol. The number of rotatable bonds is 6. The first-order chi connectivity index (χ1) is 11.5. The third kappa shape index (κ3) is 4.69. The molecule has 0 N–H and O–H groups in total. The number of nitrogens with zero attached hydrogens (tertiary/aromatic N) is 1. The molecule has 126 valence electrons. The van der Waals surface area contributed by atoms with Crippen LogP contribution in [0.25, 0.3) is 0 Å². The van der Waals surface area contributed by atoms with Crippen molar-refractivity contribution in [3.05, 3.63) is 70.8 Å². The lowest BCUT2D eigenvalue weighted by Gasteiger charge is -2.23. The minimum absolute atomic E-state index is 0.0658. The molecule has 4 nitrogen and oxygen atoms in total. The second-order valence-electron chi connectivity index (χ2n) is 5.86. The van der Waals surface area contributed by atoms with Gasteiger partial charge in [-0.2, -0.15) is 0 Å². The van der Waals surface area contributed by atoms with Crippen molar-refractivity contribution in [2.75, 3.05) is 13.7 Å². The average molecular weight is 325 g/mol. The molecule has 0 aliphatic rings. The molecule has 1 amide bonds. The Labute approximate surface area is 143 Å². The molecule has 0 saturated heterocycles. The number of methoxy groups -OCH3 is 1. The molecule has 0 bridgehead atoms. The van der Waals surface area contributed by atoms with Gasteiger partial charge in [-0.25, -0.2) is 0 Å². The van der Waals surface area contributed by atoms with Crippen LogP contribution in [-0.2, 0) is 16.1 Å². The van der Waals surface area contributed by atoms with E-state index in [1.807, 2.05) is 62.4 Å². The summed E-state index contributed by atoms with van der Waals surface area (Å²) in [4.78, 5) is 26.2. The maximum Gasteiger partial charge on any atom is 0.307 e. The predicted octanol–water partition coefficient (Wildman–Crippen LogP) is 3.51. The maximum atomic E-state index is 13.0. The van der Waals surface area contributed by atoms with Gasteiger partial charge < -0.3 is 9.64 Å². The summed E-state index contributed by atoms with van der Waals surface area (Å²) in [5.74, 6) is -0.384. The molecule has 2 rings (SSSR count). The van der Waals surface area contributed by atoms with Crippen LogP contribution in [0.15, 0.2) is 48.5 Å². The van der Waals surface area contributed by atoms with Crippen molar-refractivity contribution in [3.8, 4) is 0 Å². The van der Waals surface area contributed by atoms with Crippen LogP contribution in [0.5, 0.6) is 0 Å². The fraction of sp³-hybridized carbons (Fsp3) is 0.300. The van der Waals surface area contributed by atoms with E-state index in [4.69, 9.17) is 4.74 Å². The number of carbonyl (C=O) groups excluding carboxylic acids is 2. The molecule has 24 heavy (non-hydrogen) atoms. The summed E-state index contributed by atoms with van der Waals surface area (Å²) in [5.41, 5.74) is 3.68. The van der Waals surface area contributed by atoms with Gasteiger partial charge >= 0.3 is 5.97 Å². The van der Waals surface area contributed by atoms with E-state index < -0.39 is 0 Å². The number of hydrogen-bond donors (Lipinski definition) is 0. The fourth-order valence-corrected chi connectivity index (χ4v) is 2.52. The van der Waals surface area contributed by atoms with E-state index in [1.165, 1.54) is 7.11 Å². The zero-order chi connectivity index (χ0) is 17.5. The number of benzene rings is 2. The highest BCUT2D eigenvalue weighted by Gasteiger charge is 2.19. The second kappa shape index (κ2) is 8.29. The van der Waals surface area contributed by atoms with Crippen molar-refractivity contribution < 1.29 is 14.3 Å². The molecule has 0 aliphatic heterocycles. The molecule has 0 fully saturated rings. The van der Waals surface area contributed by atoms with E-state index in [9.17, 15) is 9.59 Å². The van der Waals surface area contributed by atoms with Gasteiger partial charge in [0.05, 0.1) is 13.5 Å². The normalized spacial score (nSPS) is 10.3. The third-order valence-corrected chi connectivity index (χ3v) is 3.94. The smallest absolute Gasteiger partial charge is 0.307 e. The van der Waals surface area contributed by atoms with Crippen molar-refractivity contribution in [2.45, 2.75) is 26.8 Å². The first-order valence-corrected chi connectivity index (χ1v) is 7.98. The van der Waals surface area contributed by atoms with Gasteiger partial charge in [0.1, 0.15) is 0 Å². The minimum atomic E-state index is -0.318. The van der Waals surface area contributed by atoms with Crippen LogP contribution < -0.4 is 0 Å². The van der Waals surface area contributed by atoms with Gasteiger partial charge in [0.25, 0.3) is 5.91 Å². The topological polar surface area (TPSA) is 46.6 Å². The standard InChI is InChI=1S/C20H23NO3/c1-15-9-10-16(2)18(13-15)20(23)21(12-11-19(22)24-3)14-17-7-5-4-6-8-17/h4-10,13H,11-12,14H2,1-3H3. The summed E-state index contributed by atoms with van der Waals surface area (Å²) in [6.07, 6.45) is 0.180. The SMILES string of the molecule is COC(=O)CCN(Cc1ccccc1)C(=O)c1cc(C)ccc1C. The van der Waals surface area contributed by atoms with Crippen LogP contribution >= 0.6 is 0 Å². The van der Waals surface area contributed by atoms with Gasteiger partial charge in [-0.05, 0) is 31.0 Å². The largest absolute Gasteiger partial charge is 0.469 e. The zero-order valence-electron chi connectivity index (χ0n) is 14.4. The highest BCUT2D eigenvalue weighted by atomic mass is 16.5. The summed E-state index contributed by atoms with van der Waals surface area (Å²) < 4.78 is 4.70. The number of esters is 1. The summed E-state index contributed by atoms with van der Waals surface area (Å²) in [6.45, 7) is 4.68. The molecule has 0 spiro atoms. The Kier molecular flexibility index (Phi) is 6.13. The Morgan fingerprint density at radius 3 is 2.42 bits per heavy atom. The van der Waals surface area contributed by atoms with Crippen LogP contribution in [0.3, 0.4) is 0 Å². The Balaban J connectivity index is 2.24. The quantitative estimate of drug-likeness (QED) is 0.764. The highest BCUT2D eigenvalue weighted by molar-refractivity contribution is 5.96. The van der Waals surface area contributed by atoms with Crippen molar-refractivity contribution in [1.82, 2.24) is 4.90 Å². The molecule has 2 aromatic carbocycles. The van der Waals surface area contributed by atoms with Crippen LogP contribution in [-0.4, -0.2) is 30.4 Å². The maximum absolute atomic E-state index is 13.0. The van der Waals surface area contributed by atoms with E-state index in [0.29, 0.717) is 18.7 Å². The lowest BCUT2D eigenvalue weighted by atomic mass is 10.0. The van der Waals surface area contributed by atoms with E-state index in [2.05, 4.69) is 0 Å². The minimum Gasteiger partial charge on any atom is -0.469 e. The molecule has 0 heterocycles. The predicted molar refractivity (Wildman–Crippen MR) is 93.7 cm³/mol. The zero-order valence-corrected chi connectivity index (χ0v) is 14.4. The fourth-order valence-electron chi connectivity index (χ4n) is 2.52. The van der Waals surface area contributed by atoms with Crippen LogP contribution in [0.2, 0.25) is 0 Å². The van der Waals surface area contributed by atoms with E-state index in [0.717, 1.165) is 16.7 Å². The molecule has 0 aliphatic carbocycles. The van der Waals surface area contributed by atoms with Crippen LogP contribution in [0, 0.1) is 13.8 Å². The lowest BCUT2D eigenvalue weighted by molar-refractivity contribution is -0.140. The van der Waals surface area contributed by atoms with Crippen molar-refractivity contribution in [2.24, 2.45) is 0 Å². The number of hydrogen-bond acceptors (Lipinski definition) is 3.